The fourth-order valence-corrected chi connectivity index (χ4v) is 4.79. The Hall–Kier alpha value is -2.88. The molecule has 13 heteroatoms. The number of nitrogens with one attached hydrogen (secondary N) is 1. The number of phosphoric acid groups is 1. The van der Waals surface area contributed by atoms with Crippen molar-refractivity contribution in [1.29, 1.82) is 0 Å². The maximum Gasteiger partial charge on any atom is 0.530 e. The van der Waals surface area contributed by atoms with Crippen molar-refractivity contribution < 1.29 is 22.9 Å². The number of aromatic nitrogens is 2. The third-order valence-corrected chi connectivity index (χ3v) is 6.45. The standard InChI is InChI=1S/C18H20N5O7P/c1-10-4-3-5-12-8-27-31(26,30-16(10)12)28-9-14-13(21-22-19)6-15(29-14)23-7-11(2)17(24)20-18(23)25/h3-5,7,13-15H,6,8-9H2,1-2H3,(H,20,24,25)/t13-,14+,15+,31-/m0/s1. The number of ether oxygens (including phenoxy) is 1. The van der Waals surface area contributed by atoms with Gasteiger partial charge in [-0.2, -0.15) is 0 Å². The predicted molar refractivity (Wildman–Crippen MR) is 108 cm³/mol. The molecule has 31 heavy (non-hydrogen) atoms. The lowest BCUT2D eigenvalue weighted by Gasteiger charge is -2.27. The van der Waals surface area contributed by atoms with E-state index < -0.39 is 37.4 Å². The van der Waals surface area contributed by atoms with E-state index in [1.807, 2.05) is 19.1 Å². The van der Waals surface area contributed by atoms with Crippen LogP contribution in [0.1, 0.15) is 29.3 Å². The zero-order valence-electron chi connectivity index (χ0n) is 16.8. The molecule has 4 atom stereocenters. The molecular formula is C18H20N5O7P. The van der Waals surface area contributed by atoms with Gasteiger partial charge in [-0.05, 0) is 24.9 Å². The van der Waals surface area contributed by atoms with Crippen LogP contribution < -0.4 is 15.8 Å². The Kier molecular flexibility index (Phi) is 5.74. The smallest absolute Gasteiger partial charge is 0.403 e. The molecule has 2 aliphatic rings. The van der Waals surface area contributed by atoms with Gasteiger partial charge in [0.15, 0.2) is 0 Å². The fourth-order valence-electron chi connectivity index (χ4n) is 3.50. The number of hydrogen-bond donors (Lipinski definition) is 1. The number of para-hydroxylation sites is 1. The molecule has 0 amide bonds. The summed E-state index contributed by atoms with van der Waals surface area (Å²) in [5, 5.41) is 3.70. The molecule has 1 aromatic heterocycles. The minimum atomic E-state index is -3.92. The van der Waals surface area contributed by atoms with Gasteiger partial charge in [0.2, 0.25) is 0 Å². The second kappa shape index (κ2) is 8.33. The highest BCUT2D eigenvalue weighted by Crippen LogP contribution is 2.55. The second-order valence-corrected chi connectivity index (χ2v) is 8.88. The number of aromatic amines is 1. The number of rotatable bonds is 5. The first-order valence-corrected chi connectivity index (χ1v) is 10.9. The number of nitrogens with zero attached hydrogens (tertiary/aromatic N) is 4. The summed E-state index contributed by atoms with van der Waals surface area (Å²) >= 11 is 0. The Morgan fingerprint density at radius 3 is 2.94 bits per heavy atom. The van der Waals surface area contributed by atoms with Crippen LogP contribution in [0, 0.1) is 13.8 Å². The number of benzene rings is 1. The normalized spacial score (nSPS) is 27.2. The van der Waals surface area contributed by atoms with Gasteiger partial charge >= 0.3 is 13.5 Å². The third-order valence-electron chi connectivity index (χ3n) is 5.13. The van der Waals surface area contributed by atoms with Crippen molar-refractivity contribution in [3.8, 4) is 5.75 Å². The first kappa shape index (κ1) is 21.4. The van der Waals surface area contributed by atoms with Crippen molar-refractivity contribution >= 4 is 7.82 Å². The molecule has 2 aromatic rings. The van der Waals surface area contributed by atoms with E-state index in [0.29, 0.717) is 11.3 Å². The monoisotopic (exact) mass is 449 g/mol. The number of fused-ring (bicyclic) bond motifs is 1. The number of phosphoric ester groups is 1. The maximum absolute atomic E-state index is 12.9. The summed E-state index contributed by atoms with van der Waals surface area (Å²) < 4.78 is 36.3. The van der Waals surface area contributed by atoms with Crippen molar-refractivity contribution in [2.75, 3.05) is 6.61 Å². The number of H-pyrrole nitrogens is 1. The van der Waals surface area contributed by atoms with E-state index in [1.54, 1.807) is 13.0 Å². The molecule has 0 saturated carbocycles. The van der Waals surface area contributed by atoms with Crippen molar-refractivity contribution in [2.24, 2.45) is 5.11 Å². The van der Waals surface area contributed by atoms with Gasteiger partial charge in [0.1, 0.15) is 12.0 Å². The van der Waals surface area contributed by atoms with Gasteiger partial charge in [0.05, 0.1) is 25.4 Å². The van der Waals surface area contributed by atoms with Crippen LogP contribution in [0.15, 0.2) is 39.1 Å². The Morgan fingerprint density at radius 1 is 1.35 bits per heavy atom. The molecule has 0 aliphatic carbocycles. The Bertz CT molecular complexity index is 1220. The van der Waals surface area contributed by atoms with Gasteiger partial charge in [0.25, 0.3) is 5.56 Å². The quantitative estimate of drug-likeness (QED) is 0.318. The Morgan fingerprint density at radius 2 is 2.16 bits per heavy atom. The van der Waals surface area contributed by atoms with E-state index in [4.69, 9.17) is 23.8 Å². The molecule has 0 radical (unpaired) electrons. The topological polar surface area (TPSA) is 158 Å². The van der Waals surface area contributed by atoms with E-state index in [1.165, 1.54) is 10.8 Å². The van der Waals surface area contributed by atoms with Crippen LogP contribution in [0.4, 0.5) is 0 Å². The first-order chi connectivity index (χ1) is 14.8. The molecule has 2 aliphatic heterocycles. The molecule has 1 fully saturated rings. The number of hydrogen-bond acceptors (Lipinski definition) is 8. The highest BCUT2D eigenvalue weighted by atomic mass is 31.2. The maximum atomic E-state index is 12.9. The minimum Gasteiger partial charge on any atom is -0.403 e. The Balaban J connectivity index is 1.50. The second-order valence-electron chi connectivity index (χ2n) is 7.29. The predicted octanol–water partition coefficient (Wildman–Crippen LogP) is 2.85. The fraction of sp³-hybridized carbons (Fsp3) is 0.444. The van der Waals surface area contributed by atoms with E-state index in [0.717, 1.165) is 11.1 Å². The summed E-state index contributed by atoms with van der Waals surface area (Å²) in [6, 6.07) is 4.77. The summed E-state index contributed by atoms with van der Waals surface area (Å²) in [5.41, 5.74) is 9.61. The van der Waals surface area contributed by atoms with Crippen LogP contribution in [0.5, 0.6) is 5.75 Å². The number of aryl methyl sites for hydroxylation is 2. The highest BCUT2D eigenvalue weighted by molar-refractivity contribution is 7.49. The van der Waals surface area contributed by atoms with Crippen LogP contribution in [0.3, 0.4) is 0 Å². The molecular weight excluding hydrogens is 429 g/mol. The van der Waals surface area contributed by atoms with Gasteiger partial charge in [-0.15, -0.1) is 0 Å². The van der Waals surface area contributed by atoms with Crippen LogP contribution in [0.25, 0.3) is 10.4 Å². The van der Waals surface area contributed by atoms with Gasteiger partial charge in [-0.3, -0.25) is 23.4 Å². The molecule has 1 saturated heterocycles. The van der Waals surface area contributed by atoms with Crippen molar-refractivity contribution in [3.05, 3.63) is 72.4 Å². The molecule has 0 unspecified atom stereocenters. The molecule has 12 nitrogen and oxygen atoms in total. The largest absolute Gasteiger partial charge is 0.530 e. The van der Waals surface area contributed by atoms with Gasteiger partial charge in [0, 0.05) is 28.7 Å². The summed E-state index contributed by atoms with van der Waals surface area (Å²) in [5.74, 6) is 0.448. The Labute approximate surface area is 176 Å². The van der Waals surface area contributed by atoms with E-state index in [2.05, 4.69) is 15.0 Å². The average Bonchev–Trinajstić information content (AvgIpc) is 3.13. The van der Waals surface area contributed by atoms with Gasteiger partial charge < -0.3 is 9.26 Å². The number of azide groups is 1. The zero-order valence-corrected chi connectivity index (χ0v) is 17.7. The molecule has 0 spiro atoms. The van der Waals surface area contributed by atoms with Crippen molar-refractivity contribution in [3.63, 3.8) is 0 Å². The molecule has 1 N–H and O–H groups in total. The van der Waals surface area contributed by atoms with Gasteiger partial charge in [-0.25, -0.2) is 9.36 Å². The van der Waals surface area contributed by atoms with Crippen LogP contribution >= 0.6 is 7.82 Å². The average molecular weight is 449 g/mol. The highest BCUT2D eigenvalue weighted by Gasteiger charge is 2.41. The molecule has 1 aromatic carbocycles. The van der Waals surface area contributed by atoms with Crippen LogP contribution in [-0.2, 0) is 25.0 Å². The minimum absolute atomic E-state index is 0.0638. The van der Waals surface area contributed by atoms with Crippen LogP contribution in [0.2, 0.25) is 0 Å². The summed E-state index contributed by atoms with van der Waals surface area (Å²) in [4.78, 5) is 28.8. The van der Waals surface area contributed by atoms with Crippen molar-refractivity contribution in [2.45, 2.75) is 45.2 Å². The van der Waals surface area contributed by atoms with E-state index in [-0.39, 0.29) is 19.6 Å². The third kappa shape index (κ3) is 4.30. The molecule has 4 rings (SSSR count). The van der Waals surface area contributed by atoms with Crippen LogP contribution in [-0.4, -0.2) is 28.3 Å². The lowest BCUT2D eigenvalue weighted by atomic mass is 10.1. The summed E-state index contributed by atoms with van der Waals surface area (Å²) in [7, 11) is -3.92. The van der Waals surface area contributed by atoms with E-state index >= 15 is 0 Å². The zero-order chi connectivity index (χ0) is 22.2. The lowest BCUT2D eigenvalue weighted by molar-refractivity contribution is -0.0288. The molecule has 0 bridgehead atoms. The molecule has 164 valence electrons. The summed E-state index contributed by atoms with van der Waals surface area (Å²) in [6.07, 6.45) is -0.0741. The summed E-state index contributed by atoms with van der Waals surface area (Å²) in [6.45, 7) is 3.18. The van der Waals surface area contributed by atoms with Crippen molar-refractivity contribution in [1.82, 2.24) is 9.55 Å². The first-order valence-electron chi connectivity index (χ1n) is 9.48. The SMILES string of the molecule is Cc1cccc2c1O[P@](=O)(OC[C@H]1O[C@@H](n3cc(C)c(=O)[nH]c3=O)C[C@@H]1N=[N+]=[N-])OC2. The lowest BCUT2D eigenvalue weighted by Crippen LogP contribution is -2.33. The van der Waals surface area contributed by atoms with E-state index in [9.17, 15) is 14.2 Å². The molecule has 3 heterocycles. The van der Waals surface area contributed by atoms with Gasteiger partial charge in [-0.1, -0.05) is 23.3 Å².